The van der Waals surface area contributed by atoms with E-state index in [0.29, 0.717) is 31.6 Å². The zero-order chi connectivity index (χ0) is 23.6. The highest BCUT2D eigenvalue weighted by molar-refractivity contribution is 4.97. The molecule has 3 aliphatic heterocycles. The van der Waals surface area contributed by atoms with Crippen molar-refractivity contribution in [3.63, 3.8) is 0 Å². The summed E-state index contributed by atoms with van der Waals surface area (Å²) in [5.41, 5.74) is -1.19. The van der Waals surface area contributed by atoms with Gasteiger partial charge in [0.05, 0.1) is 0 Å². The summed E-state index contributed by atoms with van der Waals surface area (Å²) in [5.74, 6) is 0. The quantitative estimate of drug-likeness (QED) is 0.471. The van der Waals surface area contributed by atoms with Gasteiger partial charge in [-0.15, -0.1) is 0 Å². The highest BCUT2D eigenvalue weighted by Gasteiger charge is 2.43. The summed E-state index contributed by atoms with van der Waals surface area (Å²) in [4.78, 5) is 6.90. The molecule has 30 heavy (non-hydrogen) atoms. The predicted molar refractivity (Wildman–Crippen MR) is 127 cm³/mol. The summed E-state index contributed by atoms with van der Waals surface area (Å²) in [6.45, 7) is 28.3. The lowest BCUT2D eigenvalue weighted by Crippen LogP contribution is -2.63. The second kappa shape index (κ2) is 9.70. The van der Waals surface area contributed by atoms with Crippen LogP contribution < -0.4 is 0 Å². The molecule has 0 amide bonds. The van der Waals surface area contributed by atoms with Gasteiger partial charge in [0.2, 0.25) is 0 Å². The molecule has 1 unspecified atom stereocenters. The number of rotatable bonds is 0. The van der Waals surface area contributed by atoms with Gasteiger partial charge in [0, 0.05) is 42.8 Å². The average Bonchev–Trinajstić information content (AvgIpc) is 3.13. The molecule has 0 N–H and O–H groups in total. The van der Waals surface area contributed by atoms with Crippen LogP contribution in [-0.4, -0.2) is 81.9 Å². The Morgan fingerprint density at radius 1 is 0.533 bits per heavy atom. The van der Waals surface area contributed by atoms with Crippen LogP contribution in [0.1, 0.15) is 95.4 Å². The van der Waals surface area contributed by atoms with E-state index in [4.69, 9.17) is 0 Å². The van der Waals surface area contributed by atoms with Gasteiger partial charge in [-0.1, -0.05) is 0 Å². The number of nitrogens with zero attached hydrogens (tertiary/aromatic N) is 3. The molecule has 0 bridgehead atoms. The molecule has 0 aliphatic carbocycles. The van der Waals surface area contributed by atoms with Crippen molar-refractivity contribution in [2.75, 3.05) is 39.3 Å². The van der Waals surface area contributed by atoms with Crippen molar-refractivity contribution in [1.29, 1.82) is 0 Å². The normalized spacial score (nSPS) is 28.3. The first-order valence-electron chi connectivity index (χ1n) is 11.9. The minimum absolute atomic E-state index is 0.129. The number of hydrogen-bond donors (Lipinski definition) is 0. The highest BCUT2D eigenvalue weighted by atomic mass is 19.1. The number of halogens is 2. The molecular weight excluding hydrogens is 380 g/mol. The van der Waals surface area contributed by atoms with Crippen molar-refractivity contribution in [2.45, 2.75) is 123 Å². The first-order valence-corrected chi connectivity index (χ1v) is 11.9. The Bertz CT molecular complexity index is 510. The van der Waals surface area contributed by atoms with E-state index in [2.05, 4.69) is 77.0 Å². The molecular formula is C25H51F2N3. The van der Waals surface area contributed by atoms with Crippen molar-refractivity contribution in [2.24, 2.45) is 0 Å². The van der Waals surface area contributed by atoms with Crippen LogP contribution in [0.5, 0.6) is 0 Å². The van der Waals surface area contributed by atoms with Gasteiger partial charge in [-0.2, -0.15) is 0 Å². The SMILES string of the molecule is CC(C)(C)N1CCCC1.CC1(F)CCN(C(C)(C)C)C1.CC1(F)CN(C(C)(C)C)C1. The summed E-state index contributed by atoms with van der Waals surface area (Å²) < 4.78 is 26.3. The van der Waals surface area contributed by atoms with Crippen molar-refractivity contribution < 1.29 is 8.78 Å². The van der Waals surface area contributed by atoms with E-state index in [1.54, 1.807) is 13.8 Å². The van der Waals surface area contributed by atoms with Crippen molar-refractivity contribution in [1.82, 2.24) is 14.7 Å². The summed E-state index contributed by atoms with van der Waals surface area (Å²) in [6, 6.07) is 0. The summed E-state index contributed by atoms with van der Waals surface area (Å²) in [7, 11) is 0. The third-order valence-corrected chi connectivity index (χ3v) is 6.42. The van der Waals surface area contributed by atoms with Gasteiger partial charge in [0.1, 0.15) is 11.3 Å². The summed E-state index contributed by atoms with van der Waals surface area (Å²) in [5, 5.41) is 0. The van der Waals surface area contributed by atoms with Gasteiger partial charge in [-0.25, -0.2) is 8.78 Å². The third kappa shape index (κ3) is 9.48. The molecule has 3 nitrogen and oxygen atoms in total. The number of hydrogen-bond acceptors (Lipinski definition) is 3. The molecule has 0 spiro atoms. The fourth-order valence-electron chi connectivity index (χ4n) is 4.11. The molecule has 0 aromatic rings. The standard InChI is InChI=1S/C9H18FN.C8H16FN.C8H17N/c1-8(2,3)11-6-5-9(4,10)7-11;1-7(2,3)10-5-8(4,9)6-10;1-8(2,3)9-6-4-5-7-9/h5-7H2,1-4H3;5-6H2,1-4H3;4-7H2,1-3H3. The second-order valence-electron chi connectivity index (χ2n) is 13.1. The maximum Gasteiger partial charge on any atom is 0.133 e. The predicted octanol–water partition coefficient (Wildman–Crippen LogP) is 5.93. The lowest BCUT2D eigenvalue weighted by molar-refractivity contribution is -0.0681. The van der Waals surface area contributed by atoms with E-state index in [-0.39, 0.29) is 11.1 Å². The van der Waals surface area contributed by atoms with E-state index in [9.17, 15) is 8.78 Å². The second-order valence-corrected chi connectivity index (χ2v) is 13.1. The molecule has 0 saturated carbocycles. The monoisotopic (exact) mass is 431 g/mol. The van der Waals surface area contributed by atoms with Crippen LogP contribution in [0.25, 0.3) is 0 Å². The minimum atomic E-state index is -0.951. The Kier molecular flexibility index (Phi) is 8.98. The Hall–Kier alpha value is -0.260. The van der Waals surface area contributed by atoms with Crippen LogP contribution >= 0.6 is 0 Å². The number of likely N-dealkylation sites (tertiary alicyclic amines) is 3. The van der Waals surface area contributed by atoms with Crippen LogP contribution in [0.4, 0.5) is 8.78 Å². The van der Waals surface area contributed by atoms with Crippen LogP contribution in [0.15, 0.2) is 0 Å². The fourth-order valence-corrected chi connectivity index (χ4v) is 4.11. The molecule has 3 aliphatic rings. The highest BCUT2D eigenvalue weighted by Crippen LogP contribution is 2.31. The molecule has 5 heteroatoms. The molecule has 3 fully saturated rings. The Labute approximate surface area is 186 Å². The largest absolute Gasteiger partial charge is 0.298 e. The maximum absolute atomic E-state index is 13.3. The van der Waals surface area contributed by atoms with Gasteiger partial charge in [0.15, 0.2) is 0 Å². The zero-order valence-corrected chi connectivity index (χ0v) is 22.0. The van der Waals surface area contributed by atoms with E-state index >= 15 is 0 Å². The molecule has 0 radical (unpaired) electrons. The van der Waals surface area contributed by atoms with Crippen molar-refractivity contribution >= 4 is 0 Å². The lowest BCUT2D eigenvalue weighted by Gasteiger charge is -2.49. The fraction of sp³-hybridized carbons (Fsp3) is 1.00. The van der Waals surface area contributed by atoms with Gasteiger partial charge < -0.3 is 0 Å². The van der Waals surface area contributed by atoms with Gasteiger partial charge in [0.25, 0.3) is 0 Å². The van der Waals surface area contributed by atoms with Crippen LogP contribution in [0, 0.1) is 0 Å². The number of alkyl halides is 2. The van der Waals surface area contributed by atoms with Gasteiger partial charge in [-0.05, 0) is 109 Å². The first-order chi connectivity index (χ1) is 13.2. The van der Waals surface area contributed by atoms with E-state index in [1.807, 2.05) is 0 Å². The van der Waals surface area contributed by atoms with Gasteiger partial charge >= 0.3 is 0 Å². The van der Waals surface area contributed by atoms with E-state index in [1.165, 1.54) is 25.9 Å². The molecule has 0 aromatic heterocycles. The molecule has 1 atom stereocenters. The van der Waals surface area contributed by atoms with Crippen LogP contribution in [0.2, 0.25) is 0 Å². The van der Waals surface area contributed by atoms with Crippen molar-refractivity contribution in [3.8, 4) is 0 Å². The first kappa shape index (κ1) is 27.8. The Morgan fingerprint density at radius 2 is 0.900 bits per heavy atom. The van der Waals surface area contributed by atoms with Crippen molar-refractivity contribution in [3.05, 3.63) is 0 Å². The molecule has 0 aromatic carbocycles. The minimum Gasteiger partial charge on any atom is -0.298 e. The third-order valence-electron chi connectivity index (χ3n) is 6.42. The summed E-state index contributed by atoms with van der Waals surface area (Å²) in [6.07, 6.45) is 3.48. The topological polar surface area (TPSA) is 9.72 Å². The van der Waals surface area contributed by atoms with E-state index in [0.717, 1.165) is 6.54 Å². The molecule has 180 valence electrons. The Morgan fingerprint density at radius 3 is 1.07 bits per heavy atom. The molecule has 3 saturated heterocycles. The average molecular weight is 432 g/mol. The van der Waals surface area contributed by atoms with E-state index < -0.39 is 11.3 Å². The summed E-state index contributed by atoms with van der Waals surface area (Å²) >= 11 is 0. The zero-order valence-electron chi connectivity index (χ0n) is 22.0. The Balaban J connectivity index is 0.000000226. The van der Waals surface area contributed by atoms with Crippen LogP contribution in [0.3, 0.4) is 0 Å². The maximum atomic E-state index is 13.3. The molecule has 3 rings (SSSR count). The smallest absolute Gasteiger partial charge is 0.133 e. The van der Waals surface area contributed by atoms with Gasteiger partial charge in [-0.3, -0.25) is 14.7 Å². The molecule has 3 heterocycles. The van der Waals surface area contributed by atoms with Crippen LogP contribution in [-0.2, 0) is 0 Å². The lowest BCUT2D eigenvalue weighted by atomic mass is 9.92.